The molecule has 0 saturated heterocycles. The molecule has 0 amide bonds. The molecule has 0 aliphatic heterocycles. The second kappa shape index (κ2) is 8.99. The van der Waals surface area contributed by atoms with Crippen LogP contribution in [0.4, 0.5) is 5.69 Å². The van der Waals surface area contributed by atoms with Gasteiger partial charge in [0, 0.05) is 19.2 Å². The molecule has 2 aromatic rings. The molecule has 2 rings (SSSR count). The number of rotatable bonds is 9. The lowest BCUT2D eigenvalue weighted by atomic mass is 9.36. The zero-order valence-corrected chi connectivity index (χ0v) is 18.9. The van der Waals surface area contributed by atoms with E-state index < -0.39 is 32.0 Å². The summed E-state index contributed by atoms with van der Waals surface area (Å²) in [6, 6.07) is 3.68. The third kappa shape index (κ3) is 5.07. The Morgan fingerprint density at radius 1 is 1.12 bits per heavy atom. The summed E-state index contributed by atoms with van der Waals surface area (Å²) in [6.07, 6.45) is 0.485. The number of nitrogens with two attached hydrogens (primary N) is 1. The Hall–Kier alpha value is -0.981. The molecule has 1 heterocycles. The molecule has 16 heteroatoms. The maximum Gasteiger partial charge on any atom is 0.320 e. The van der Waals surface area contributed by atoms with Gasteiger partial charge in [-0.1, -0.05) is 0 Å². The predicted molar refractivity (Wildman–Crippen MR) is 136 cm³/mol. The van der Waals surface area contributed by atoms with Crippen LogP contribution in [0.2, 0.25) is 0 Å². The third-order valence-corrected chi connectivity index (χ3v) is 5.78. The van der Waals surface area contributed by atoms with Crippen molar-refractivity contribution in [1.82, 2.24) is 9.55 Å². The van der Waals surface area contributed by atoms with E-state index >= 15 is 0 Å². The molecule has 1 aromatic carbocycles. The molecule has 0 spiro atoms. The van der Waals surface area contributed by atoms with Crippen LogP contribution in [-0.4, -0.2) is 109 Å². The van der Waals surface area contributed by atoms with Crippen molar-refractivity contribution >= 4 is 109 Å². The summed E-state index contributed by atoms with van der Waals surface area (Å²) in [5.74, 6) is -0.528. The molecule has 32 heavy (non-hydrogen) atoms. The topological polar surface area (TPSA) is 84.4 Å². The Kier molecular flexibility index (Phi) is 7.66. The summed E-state index contributed by atoms with van der Waals surface area (Å²) in [6.45, 7) is 0. The number of halogens is 2. The smallest absolute Gasteiger partial charge is 0.320 e. The first-order chi connectivity index (χ1) is 14.3. The van der Waals surface area contributed by atoms with Crippen molar-refractivity contribution in [3.05, 3.63) is 24.0 Å². The first-order valence-corrected chi connectivity index (χ1v) is 10.0. The summed E-state index contributed by atoms with van der Waals surface area (Å²) in [5.41, 5.74) is 6.86. The Morgan fingerprint density at radius 2 is 1.62 bits per heavy atom. The minimum atomic E-state index is -2.31. The third-order valence-electron chi connectivity index (χ3n) is 5.18. The standard InChI is InChI=1S/C16H14B8Cl2N4O2/c1-29-10-4-2-7(6-9(10)28-11(29)5-3-8(27)12(31)32)30(15(21,22)13(17,18)25)16(23,24)14(19,20)26/h2,4,6,8H,3,5,27H2,1H3,(H,31,32). The highest BCUT2D eigenvalue weighted by Gasteiger charge is 2.48. The lowest BCUT2D eigenvalue weighted by molar-refractivity contribution is -0.138. The van der Waals surface area contributed by atoms with Crippen molar-refractivity contribution < 1.29 is 9.90 Å². The van der Waals surface area contributed by atoms with Gasteiger partial charge >= 0.3 is 5.97 Å². The first kappa shape index (κ1) is 27.3. The molecule has 0 saturated carbocycles. The molecule has 1 aromatic heterocycles. The number of hydrogen-bond donors (Lipinski definition) is 2. The monoisotopic (exact) mass is 452 g/mol. The zero-order valence-electron chi connectivity index (χ0n) is 17.4. The van der Waals surface area contributed by atoms with Crippen LogP contribution >= 0.6 is 23.2 Å². The molecule has 6 nitrogen and oxygen atoms in total. The van der Waals surface area contributed by atoms with E-state index in [0.29, 0.717) is 23.3 Å². The van der Waals surface area contributed by atoms with Crippen LogP contribution in [-0.2, 0) is 18.3 Å². The van der Waals surface area contributed by atoms with Gasteiger partial charge in [-0.25, -0.2) is 4.98 Å². The highest BCUT2D eigenvalue weighted by molar-refractivity contribution is 6.73. The van der Waals surface area contributed by atoms with E-state index in [2.05, 4.69) is 4.98 Å². The van der Waals surface area contributed by atoms with Gasteiger partial charge in [0.2, 0.25) is 0 Å². The number of anilines is 1. The molecule has 148 valence electrons. The fourth-order valence-electron chi connectivity index (χ4n) is 3.08. The fraction of sp³-hybridized carbons (Fsp3) is 0.500. The number of carbonyl (C=O) groups is 1. The number of carboxylic acids is 1. The molecular formula is C16H14B8Cl2N4O2. The van der Waals surface area contributed by atoms with Gasteiger partial charge in [0.05, 0.1) is 73.8 Å². The van der Waals surface area contributed by atoms with Gasteiger partial charge in [-0.15, -0.1) is 23.2 Å². The average Bonchev–Trinajstić information content (AvgIpc) is 2.92. The van der Waals surface area contributed by atoms with Crippen LogP contribution in [0.1, 0.15) is 12.2 Å². The van der Waals surface area contributed by atoms with Gasteiger partial charge in [0.1, 0.15) is 11.9 Å². The molecule has 0 fully saturated rings. The number of aromatic nitrogens is 2. The highest BCUT2D eigenvalue weighted by Crippen LogP contribution is 2.39. The summed E-state index contributed by atoms with van der Waals surface area (Å²) in [7, 11) is 49.4. The Morgan fingerprint density at radius 3 is 2.06 bits per heavy atom. The maximum absolute atomic E-state index is 11.0. The number of nitrogens with zero attached hydrogens (tertiary/aromatic N) is 3. The largest absolute Gasteiger partial charge is 0.480 e. The van der Waals surface area contributed by atoms with Crippen LogP contribution in [0.5, 0.6) is 0 Å². The van der Waals surface area contributed by atoms with Crippen molar-refractivity contribution in [1.29, 1.82) is 0 Å². The normalized spacial score (nSPS) is 14.4. The number of benzene rings is 1. The Labute approximate surface area is 208 Å². The molecule has 16 radical (unpaired) electrons. The molecule has 1 atom stereocenters. The summed E-state index contributed by atoms with van der Waals surface area (Å²) in [4.78, 5) is 16.4. The number of imidazole rings is 1. The molecule has 0 aliphatic carbocycles. The van der Waals surface area contributed by atoms with E-state index in [1.54, 1.807) is 17.7 Å². The molecule has 0 aliphatic rings. The van der Waals surface area contributed by atoms with Crippen molar-refractivity contribution in [2.24, 2.45) is 12.8 Å². The SMILES string of the molecule is [B]C([B])(Cl)C([B])([B])N(c1ccc2c(c1)nc(CCC(N)C(=O)O)n2C)C([B])([B])C([B])([B])Cl. The number of fused-ring (bicyclic) bond motifs is 1. The Bertz CT molecular complexity index is 980. The van der Waals surface area contributed by atoms with Crippen molar-refractivity contribution in [2.75, 3.05) is 4.90 Å². The number of carboxylic acid groups (broad SMARTS) is 1. The molecule has 1 unspecified atom stereocenters. The van der Waals surface area contributed by atoms with Crippen LogP contribution in [0.15, 0.2) is 18.2 Å². The molecular weight excluding hydrogens is 438 g/mol. The maximum atomic E-state index is 11.0. The number of alkyl halides is 2. The first-order valence-electron chi connectivity index (χ1n) is 9.25. The van der Waals surface area contributed by atoms with Gasteiger partial charge < -0.3 is 20.3 Å². The number of aliphatic carboxylic acids is 1. The van der Waals surface area contributed by atoms with E-state index in [1.165, 1.54) is 12.1 Å². The van der Waals surface area contributed by atoms with E-state index in [4.69, 9.17) is 96.8 Å². The predicted octanol–water partition coefficient (Wildman–Crippen LogP) is -1.83. The van der Waals surface area contributed by atoms with Gasteiger partial charge in [-0.2, -0.15) is 0 Å². The summed E-state index contributed by atoms with van der Waals surface area (Å²) in [5, 5.41) is 4.36. The minimum absolute atomic E-state index is 0.154. The lowest BCUT2D eigenvalue weighted by Crippen LogP contribution is -2.76. The van der Waals surface area contributed by atoms with Crippen molar-refractivity contribution in [2.45, 2.75) is 38.9 Å². The van der Waals surface area contributed by atoms with Crippen molar-refractivity contribution in [3.63, 3.8) is 0 Å². The van der Waals surface area contributed by atoms with Gasteiger partial charge in [-0.05, 0) is 44.6 Å². The fourth-order valence-corrected chi connectivity index (χ4v) is 3.25. The second-order valence-electron chi connectivity index (χ2n) is 7.77. The van der Waals surface area contributed by atoms with E-state index in [-0.39, 0.29) is 12.1 Å². The quantitative estimate of drug-likeness (QED) is 0.346. The number of hydrogen-bond acceptors (Lipinski definition) is 4. The highest BCUT2D eigenvalue weighted by atomic mass is 35.5. The van der Waals surface area contributed by atoms with Gasteiger partial charge in [-0.3, -0.25) is 4.79 Å². The number of aryl methyl sites for hydroxylation is 2. The Balaban J connectivity index is 2.61. The van der Waals surface area contributed by atoms with Gasteiger partial charge in [0.25, 0.3) is 0 Å². The summed E-state index contributed by atoms with van der Waals surface area (Å²) < 4.78 is -2.77. The van der Waals surface area contributed by atoms with E-state index in [9.17, 15) is 4.79 Å². The van der Waals surface area contributed by atoms with Crippen LogP contribution in [0, 0.1) is 0 Å². The zero-order chi connectivity index (χ0) is 24.9. The minimum Gasteiger partial charge on any atom is -0.480 e. The van der Waals surface area contributed by atoms with Gasteiger partial charge in [0.15, 0.2) is 0 Å². The van der Waals surface area contributed by atoms with Crippen LogP contribution in [0.25, 0.3) is 11.0 Å². The summed E-state index contributed by atoms with van der Waals surface area (Å²) >= 11 is 12.0. The van der Waals surface area contributed by atoms with Crippen LogP contribution in [0.3, 0.4) is 0 Å². The average molecular weight is 452 g/mol. The second-order valence-corrected chi connectivity index (χ2v) is 9.02. The van der Waals surface area contributed by atoms with Crippen molar-refractivity contribution in [3.8, 4) is 0 Å². The van der Waals surface area contributed by atoms with E-state index in [0.717, 1.165) is 4.90 Å². The molecule has 0 bridgehead atoms. The molecule has 3 N–H and O–H groups in total. The lowest BCUT2D eigenvalue weighted by Gasteiger charge is -2.61. The van der Waals surface area contributed by atoms with Crippen LogP contribution < -0.4 is 10.6 Å². The van der Waals surface area contributed by atoms with E-state index in [1.807, 2.05) is 0 Å².